The van der Waals surface area contributed by atoms with Crippen LogP contribution in [0.1, 0.15) is 82.2 Å². The average Bonchev–Trinajstić information content (AvgIpc) is 3.53. The van der Waals surface area contributed by atoms with E-state index in [0.717, 1.165) is 68.6 Å². The predicted molar refractivity (Wildman–Crippen MR) is 211 cm³/mol. The van der Waals surface area contributed by atoms with Gasteiger partial charge in [-0.2, -0.15) is 5.26 Å². The molecule has 2 saturated carbocycles. The molecule has 5 fully saturated rings. The molecule has 3 saturated heterocycles. The van der Waals surface area contributed by atoms with Gasteiger partial charge in [0.1, 0.15) is 35.2 Å². The zero-order valence-corrected chi connectivity index (χ0v) is 33.2. The monoisotopic (exact) mass is 823 g/mol. The van der Waals surface area contributed by atoms with Gasteiger partial charge in [-0.1, -0.05) is 11.6 Å². The second kappa shape index (κ2) is 15.5. The fraction of sp³-hybridized carbons (Fsp3) is 0.476. The molecule has 9 rings (SSSR count). The molecule has 0 bridgehead atoms. The summed E-state index contributed by atoms with van der Waals surface area (Å²) in [7, 11) is 0. The van der Waals surface area contributed by atoms with E-state index in [2.05, 4.69) is 37.3 Å². The van der Waals surface area contributed by atoms with Crippen molar-refractivity contribution in [1.82, 2.24) is 30.4 Å². The number of carbonyl (C=O) groups is 5. The number of nitriles is 1. The van der Waals surface area contributed by atoms with Crippen molar-refractivity contribution >= 4 is 52.6 Å². The second-order valence-electron chi connectivity index (χ2n) is 16.6. The molecule has 3 aromatic rings. The summed E-state index contributed by atoms with van der Waals surface area (Å²) >= 11 is 6.14. The Hall–Kier alpha value is -5.66. The van der Waals surface area contributed by atoms with Gasteiger partial charge in [0.15, 0.2) is 0 Å². The van der Waals surface area contributed by atoms with Crippen molar-refractivity contribution in [3.8, 4) is 11.8 Å². The molecule has 2 unspecified atom stereocenters. The zero-order valence-electron chi connectivity index (χ0n) is 32.4. The molecule has 15 nitrogen and oxygen atoms in total. The van der Waals surface area contributed by atoms with Crippen molar-refractivity contribution in [2.45, 2.75) is 69.7 Å². The number of aromatic nitrogens is 2. The Kier molecular flexibility index (Phi) is 10.2. The first-order valence-electron chi connectivity index (χ1n) is 20.2. The lowest BCUT2D eigenvalue weighted by Gasteiger charge is -2.40. The summed E-state index contributed by atoms with van der Waals surface area (Å²) in [5.74, 6) is -0.724. The molecule has 2 aliphatic carbocycles. The largest absolute Gasteiger partial charge is 0.490 e. The number of piperazine rings is 1. The van der Waals surface area contributed by atoms with E-state index in [1.165, 1.54) is 12.3 Å². The maximum absolute atomic E-state index is 15.5. The third-order valence-electron chi connectivity index (χ3n) is 13.0. The number of ether oxygens (including phenoxy) is 1. The molecule has 0 spiro atoms. The molecule has 5 atom stereocenters. The third kappa shape index (κ3) is 7.46. The van der Waals surface area contributed by atoms with Gasteiger partial charge in [-0.15, -0.1) is 0 Å². The maximum Gasteiger partial charge on any atom is 0.271 e. The van der Waals surface area contributed by atoms with Crippen molar-refractivity contribution in [3.05, 3.63) is 75.9 Å². The number of piperidine rings is 2. The third-order valence-corrected chi connectivity index (χ3v) is 13.3. The molecule has 2 aromatic carbocycles. The van der Waals surface area contributed by atoms with Crippen molar-refractivity contribution < 1.29 is 33.1 Å². The Morgan fingerprint density at radius 1 is 0.966 bits per heavy atom. The number of carbonyl (C=O) groups excluding carboxylic acids is 5. The standard InChI is InChI=1S/C42H43ClFN9O6/c1-22-18-51(37-17-46-34(16-47-37)39(55)48-24-3-6-25(7-4-24)59-26-5-2-23(15-45)32(43)12-26)11-10-50(22)19-29-30-20-52(21-31(29)30)36-14-28-27(13-33(36)44)41(57)53(42(28)58)35-8-9-38(54)49-40(35)56/h2,5,12-14,16-17,22,24-25,29-31,35H,3-4,6-11,18-21H2,1H3,(H,48,55)(H,49,54,56)/t22-,24?,25?,29?,30-,31+,35?/m1/s1. The van der Waals surface area contributed by atoms with Gasteiger partial charge in [0.2, 0.25) is 11.8 Å². The van der Waals surface area contributed by atoms with Gasteiger partial charge >= 0.3 is 0 Å². The highest BCUT2D eigenvalue weighted by atomic mass is 35.5. The lowest BCUT2D eigenvalue weighted by molar-refractivity contribution is -0.136. The summed E-state index contributed by atoms with van der Waals surface area (Å²) in [6, 6.07) is 8.82. The zero-order chi connectivity index (χ0) is 41.1. The van der Waals surface area contributed by atoms with Crippen LogP contribution < -0.4 is 25.2 Å². The van der Waals surface area contributed by atoms with E-state index in [0.29, 0.717) is 47.2 Å². The van der Waals surface area contributed by atoms with Gasteiger partial charge in [-0.05, 0) is 81.0 Å². The van der Waals surface area contributed by atoms with Crippen LogP contribution in [-0.4, -0.2) is 113 Å². The van der Waals surface area contributed by atoms with Gasteiger partial charge in [-0.25, -0.2) is 14.4 Å². The number of hydrogen-bond donors (Lipinski definition) is 2. The van der Waals surface area contributed by atoms with Crippen molar-refractivity contribution in [2.75, 3.05) is 49.1 Å². The van der Waals surface area contributed by atoms with E-state index in [-0.39, 0.29) is 59.4 Å². The number of imide groups is 2. The first-order valence-corrected chi connectivity index (χ1v) is 20.6. The van der Waals surface area contributed by atoms with E-state index in [1.54, 1.807) is 24.4 Å². The first-order chi connectivity index (χ1) is 28.4. The number of halogens is 2. The van der Waals surface area contributed by atoms with Crippen molar-refractivity contribution in [3.63, 3.8) is 0 Å². The van der Waals surface area contributed by atoms with Crippen LogP contribution in [0.2, 0.25) is 5.02 Å². The molecule has 59 heavy (non-hydrogen) atoms. The Morgan fingerprint density at radius 3 is 2.37 bits per heavy atom. The molecular formula is C42H43ClFN9O6. The molecule has 6 aliphatic rings. The van der Waals surface area contributed by atoms with Gasteiger partial charge in [-0.3, -0.25) is 39.1 Å². The minimum absolute atomic E-state index is 0.00323. The van der Waals surface area contributed by atoms with E-state index >= 15 is 4.39 Å². The van der Waals surface area contributed by atoms with E-state index in [9.17, 15) is 24.0 Å². The number of rotatable bonds is 9. The minimum atomic E-state index is -1.10. The molecule has 5 heterocycles. The Labute approximate surface area is 344 Å². The van der Waals surface area contributed by atoms with Gasteiger partial charge in [0, 0.05) is 63.8 Å². The second-order valence-corrected chi connectivity index (χ2v) is 17.0. The van der Waals surface area contributed by atoms with Crippen LogP contribution in [0, 0.1) is 34.9 Å². The summed E-state index contributed by atoms with van der Waals surface area (Å²) in [4.78, 5) is 80.1. The molecule has 4 aliphatic heterocycles. The number of amides is 5. The van der Waals surface area contributed by atoms with Crippen LogP contribution in [0.4, 0.5) is 15.9 Å². The fourth-order valence-corrected chi connectivity index (χ4v) is 9.83. The van der Waals surface area contributed by atoms with Crippen LogP contribution in [0.5, 0.6) is 5.75 Å². The predicted octanol–water partition coefficient (Wildman–Crippen LogP) is 3.55. The lowest BCUT2D eigenvalue weighted by atomic mass is 9.93. The SMILES string of the molecule is C[C@@H]1CN(c2cnc(C(=O)NC3CCC(Oc4ccc(C#N)c(Cl)c4)CC3)cn2)CCN1CC1[C@H]2CN(c3cc4c(cc3F)C(=O)N(C3CCC(=O)NC3=O)C4=O)C[C@@H]12. The summed E-state index contributed by atoms with van der Waals surface area (Å²) in [5, 5.41) is 14.7. The smallest absolute Gasteiger partial charge is 0.271 e. The highest BCUT2D eigenvalue weighted by Crippen LogP contribution is 2.53. The fourth-order valence-electron chi connectivity index (χ4n) is 9.62. The number of hydrogen-bond acceptors (Lipinski definition) is 12. The van der Waals surface area contributed by atoms with Gasteiger partial charge < -0.3 is 19.9 Å². The van der Waals surface area contributed by atoms with Crippen LogP contribution >= 0.6 is 11.6 Å². The Balaban J connectivity index is 0.725. The minimum Gasteiger partial charge on any atom is -0.490 e. The quantitative estimate of drug-likeness (QED) is 0.300. The molecular weight excluding hydrogens is 781 g/mol. The molecule has 17 heteroatoms. The van der Waals surface area contributed by atoms with Crippen molar-refractivity contribution in [2.24, 2.45) is 17.8 Å². The molecule has 5 amide bonds. The summed E-state index contributed by atoms with van der Waals surface area (Å²) in [5.41, 5.74) is 0.984. The average molecular weight is 824 g/mol. The normalized spacial score (nSPS) is 27.9. The Bertz CT molecular complexity index is 2270. The molecule has 306 valence electrons. The van der Waals surface area contributed by atoms with Crippen molar-refractivity contribution in [1.29, 1.82) is 5.26 Å². The highest BCUT2D eigenvalue weighted by molar-refractivity contribution is 6.31. The van der Waals surface area contributed by atoms with E-state index in [4.69, 9.17) is 21.6 Å². The Morgan fingerprint density at radius 2 is 1.71 bits per heavy atom. The van der Waals surface area contributed by atoms with E-state index < -0.39 is 35.5 Å². The van der Waals surface area contributed by atoms with Gasteiger partial charge in [0.05, 0.1) is 45.9 Å². The number of anilines is 2. The number of fused-ring (bicyclic) bond motifs is 2. The summed E-state index contributed by atoms with van der Waals surface area (Å²) < 4.78 is 21.6. The van der Waals surface area contributed by atoms with Gasteiger partial charge in [0.25, 0.3) is 17.7 Å². The van der Waals surface area contributed by atoms with Crippen LogP contribution in [-0.2, 0) is 9.59 Å². The van der Waals surface area contributed by atoms with Crippen LogP contribution in [0.25, 0.3) is 0 Å². The molecule has 2 N–H and O–H groups in total. The number of nitrogens with zero attached hydrogens (tertiary/aromatic N) is 7. The molecule has 0 radical (unpaired) electrons. The van der Waals surface area contributed by atoms with Crippen LogP contribution in [0.15, 0.2) is 42.7 Å². The van der Waals surface area contributed by atoms with E-state index in [1.807, 2.05) is 11.0 Å². The topological polar surface area (TPSA) is 181 Å². The molecule has 1 aromatic heterocycles. The lowest BCUT2D eigenvalue weighted by Crippen LogP contribution is -2.54. The van der Waals surface area contributed by atoms with Crippen LogP contribution in [0.3, 0.4) is 0 Å². The maximum atomic E-state index is 15.5. The number of benzene rings is 2. The summed E-state index contributed by atoms with van der Waals surface area (Å²) in [6.07, 6.45) is 6.34. The first kappa shape index (κ1) is 38.8. The highest BCUT2D eigenvalue weighted by Gasteiger charge is 2.57. The number of nitrogens with one attached hydrogen (secondary N) is 2. The summed E-state index contributed by atoms with van der Waals surface area (Å²) in [6.45, 7) is 6.80.